The molecule has 0 bridgehead atoms. The third kappa shape index (κ3) is 1.12. The molecule has 2 heterocycles. The number of fused-ring (bicyclic) bond motifs is 1. The van der Waals surface area contributed by atoms with E-state index in [0.29, 0.717) is 0 Å². The maximum absolute atomic E-state index is 13.0. The Morgan fingerprint density at radius 1 is 1.29 bits per heavy atom. The molecule has 0 aliphatic heterocycles. The van der Waals surface area contributed by atoms with Gasteiger partial charge in [0.05, 0.1) is 11.7 Å². The van der Waals surface area contributed by atoms with Crippen LogP contribution < -0.4 is 11.1 Å². The van der Waals surface area contributed by atoms with Crippen molar-refractivity contribution in [3.8, 4) is 0 Å². The SMILES string of the molecule is Cc1c(F)cnc2[nH]c(=O)c(=O)[nH]c12. The highest BCUT2D eigenvalue weighted by Gasteiger charge is 2.06. The van der Waals surface area contributed by atoms with Crippen LogP contribution in [0, 0.1) is 12.7 Å². The van der Waals surface area contributed by atoms with Crippen LogP contribution in [-0.2, 0) is 0 Å². The van der Waals surface area contributed by atoms with E-state index in [1.54, 1.807) is 0 Å². The van der Waals surface area contributed by atoms with Crippen molar-refractivity contribution < 1.29 is 4.39 Å². The summed E-state index contributed by atoms with van der Waals surface area (Å²) in [6.45, 7) is 1.49. The molecule has 6 heteroatoms. The number of pyridine rings is 1. The Morgan fingerprint density at radius 3 is 2.64 bits per heavy atom. The molecule has 0 saturated heterocycles. The van der Waals surface area contributed by atoms with Crippen molar-refractivity contribution >= 4 is 11.2 Å². The number of aryl methyl sites for hydroxylation is 1. The highest BCUT2D eigenvalue weighted by molar-refractivity contribution is 5.72. The minimum Gasteiger partial charge on any atom is -0.314 e. The Bertz CT molecular complexity index is 614. The van der Waals surface area contributed by atoms with Crippen molar-refractivity contribution in [1.29, 1.82) is 0 Å². The standard InChI is InChI=1S/C8H6FN3O2/c1-3-4(9)2-10-6-5(3)11-7(13)8(14)12-6/h2H,1H3,(H,11,13)(H,10,12,14). The predicted octanol–water partition coefficient (Wildman–Crippen LogP) is 0.0589. The van der Waals surface area contributed by atoms with E-state index in [9.17, 15) is 14.0 Å². The lowest BCUT2D eigenvalue weighted by molar-refractivity contribution is 0.614. The molecule has 0 fully saturated rings. The molecule has 14 heavy (non-hydrogen) atoms. The molecule has 0 aromatic carbocycles. The van der Waals surface area contributed by atoms with Gasteiger partial charge in [-0.05, 0) is 6.92 Å². The fourth-order valence-corrected chi connectivity index (χ4v) is 1.16. The number of rotatable bonds is 0. The number of hydrogen-bond acceptors (Lipinski definition) is 3. The Hall–Kier alpha value is -1.98. The molecule has 0 radical (unpaired) electrons. The maximum atomic E-state index is 13.0. The molecule has 2 N–H and O–H groups in total. The molecule has 5 nitrogen and oxygen atoms in total. The van der Waals surface area contributed by atoms with Crippen molar-refractivity contribution in [3.63, 3.8) is 0 Å². The molecule has 2 aromatic rings. The molecule has 72 valence electrons. The Morgan fingerprint density at radius 2 is 1.93 bits per heavy atom. The second-order valence-electron chi connectivity index (χ2n) is 2.86. The summed E-state index contributed by atoms with van der Waals surface area (Å²) < 4.78 is 13.0. The zero-order valence-electron chi connectivity index (χ0n) is 7.22. The van der Waals surface area contributed by atoms with Crippen LogP contribution in [0.3, 0.4) is 0 Å². The fourth-order valence-electron chi connectivity index (χ4n) is 1.16. The zero-order valence-corrected chi connectivity index (χ0v) is 7.22. The molecule has 2 rings (SSSR count). The van der Waals surface area contributed by atoms with Gasteiger partial charge in [-0.15, -0.1) is 0 Å². The smallest absolute Gasteiger partial charge is 0.314 e. The van der Waals surface area contributed by atoms with Crippen LogP contribution in [0.4, 0.5) is 4.39 Å². The van der Waals surface area contributed by atoms with E-state index in [1.165, 1.54) is 6.92 Å². The third-order valence-electron chi connectivity index (χ3n) is 1.95. The van der Waals surface area contributed by atoms with Crippen LogP contribution in [0.1, 0.15) is 5.56 Å². The van der Waals surface area contributed by atoms with E-state index in [2.05, 4.69) is 15.0 Å². The lowest BCUT2D eigenvalue weighted by Crippen LogP contribution is -2.29. The van der Waals surface area contributed by atoms with Gasteiger partial charge in [0.1, 0.15) is 5.82 Å². The Kier molecular flexibility index (Phi) is 1.70. The van der Waals surface area contributed by atoms with Crippen molar-refractivity contribution in [2.45, 2.75) is 6.92 Å². The van der Waals surface area contributed by atoms with Crippen molar-refractivity contribution in [2.24, 2.45) is 0 Å². The summed E-state index contributed by atoms with van der Waals surface area (Å²) in [6, 6.07) is 0. The summed E-state index contributed by atoms with van der Waals surface area (Å²) in [5, 5.41) is 0. The van der Waals surface area contributed by atoms with Crippen LogP contribution in [0.2, 0.25) is 0 Å². The average Bonchev–Trinajstić information content (AvgIpc) is 2.15. The largest absolute Gasteiger partial charge is 0.315 e. The lowest BCUT2D eigenvalue weighted by Gasteiger charge is -2.00. The number of halogens is 1. The van der Waals surface area contributed by atoms with Gasteiger partial charge in [-0.25, -0.2) is 9.37 Å². The number of aromatic amines is 2. The molecule has 0 unspecified atom stereocenters. The molecule has 0 aliphatic carbocycles. The summed E-state index contributed by atoms with van der Waals surface area (Å²) in [5.41, 5.74) is -0.963. The first-order valence-electron chi connectivity index (χ1n) is 3.87. The van der Waals surface area contributed by atoms with Crippen molar-refractivity contribution in [1.82, 2.24) is 15.0 Å². The topological polar surface area (TPSA) is 78.6 Å². The summed E-state index contributed by atoms with van der Waals surface area (Å²) in [6.07, 6.45) is 0.992. The van der Waals surface area contributed by atoms with E-state index >= 15 is 0 Å². The Balaban J connectivity index is 3.04. The number of aromatic nitrogens is 3. The van der Waals surface area contributed by atoms with Gasteiger partial charge in [0.2, 0.25) is 0 Å². The monoisotopic (exact) mass is 195 g/mol. The zero-order chi connectivity index (χ0) is 10.3. The highest BCUT2D eigenvalue weighted by atomic mass is 19.1. The van der Waals surface area contributed by atoms with Crippen LogP contribution in [0.15, 0.2) is 15.8 Å². The number of H-pyrrole nitrogens is 2. The van der Waals surface area contributed by atoms with Gasteiger partial charge in [-0.2, -0.15) is 0 Å². The summed E-state index contributed by atoms with van der Waals surface area (Å²) in [4.78, 5) is 30.0. The minimum absolute atomic E-state index is 0.175. The van der Waals surface area contributed by atoms with Gasteiger partial charge in [-0.1, -0.05) is 0 Å². The maximum Gasteiger partial charge on any atom is 0.315 e. The first-order valence-corrected chi connectivity index (χ1v) is 3.87. The van der Waals surface area contributed by atoms with Crippen molar-refractivity contribution in [2.75, 3.05) is 0 Å². The quantitative estimate of drug-likeness (QED) is 0.583. The molecular weight excluding hydrogens is 189 g/mol. The number of nitrogens with zero attached hydrogens (tertiary/aromatic N) is 1. The number of hydrogen-bond donors (Lipinski definition) is 2. The minimum atomic E-state index is -0.812. The van der Waals surface area contributed by atoms with E-state index in [1.807, 2.05) is 0 Å². The van der Waals surface area contributed by atoms with Gasteiger partial charge < -0.3 is 9.97 Å². The predicted molar refractivity (Wildman–Crippen MR) is 47.7 cm³/mol. The average molecular weight is 195 g/mol. The second-order valence-corrected chi connectivity index (χ2v) is 2.86. The summed E-state index contributed by atoms with van der Waals surface area (Å²) in [7, 11) is 0. The van der Waals surface area contributed by atoms with Crippen LogP contribution in [0.25, 0.3) is 11.2 Å². The van der Waals surface area contributed by atoms with Crippen LogP contribution in [0.5, 0.6) is 0 Å². The van der Waals surface area contributed by atoms with Gasteiger partial charge in [0.15, 0.2) is 5.65 Å². The molecule has 0 spiro atoms. The molecular formula is C8H6FN3O2. The highest BCUT2D eigenvalue weighted by Crippen LogP contribution is 2.11. The van der Waals surface area contributed by atoms with Gasteiger partial charge in [0, 0.05) is 5.56 Å². The fraction of sp³-hybridized carbons (Fsp3) is 0.125. The number of nitrogens with one attached hydrogen (secondary N) is 2. The second kappa shape index (κ2) is 2.76. The van der Waals surface area contributed by atoms with E-state index in [-0.39, 0.29) is 16.7 Å². The Labute approximate surface area is 76.6 Å². The molecule has 0 amide bonds. The summed E-state index contributed by atoms with van der Waals surface area (Å²) in [5.74, 6) is -0.528. The van der Waals surface area contributed by atoms with E-state index in [0.717, 1.165) is 6.20 Å². The molecule has 0 atom stereocenters. The lowest BCUT2D eigenvalue weighted by atomic mass is 10.2. The first kappa shape index (κ1) is 8.61. The van der Waals surface area contributed by atoms with E-state index in [4.69, 9.17) is 0 Å². The molecule has 0 saturated carbocycles. The molecule has 2 aromatic heterocycles. The van der Waals surface area contributed by atoms with Gasteiger partial charge in [0.25, 0.3) is 0 Å². The van der Waals surface area contributed by atoms with E-state index < -0.39 is 16.9 Å². The van der Waals surface area contributed by atoms with Gasteiger partial charge in [-0.3, -0.25) is 9.59 Å². The normalized spacial score (nSPS) is 10.7. The van der Waals surface area contributed by atoms with Gasteiger partial charge >= 0.3 is 11.1 Å². The summed E-state index contributed by atoms with van der Waals surface area (Å²) >= 11 is 0. The van der Waals surface area contributed by atoms with Crippen LogP contribution in [-0.4, -0.2) is 15.0 Å². The van der Waals surface area contributed by atoms with Crippen LogP contribution >= 0.6 is 0 Å². The molecule has 0 aliphatic rings. The third-order valence-corrected chi connectivity index (χ3v) is 1.95. The van der Waals surface area contributed by atoms with Crippen molar-refractivity contribution in [3.05, 3.63) is 38.3 Å². The first-order chi connectivity index (χ1) is 6.59.